The van der Waals surface area contributed by atoms with Crippen LogP contribution >= 0.6 is 11.3 Å². The van der Waals surface area contributed by atoms with Crippen molar-refractivity contribution in [3.05, 3.63) is 27.1 Å². The number of unbranched alkanes of at least 4 members (excludes halogenated alkanes) is 1. The zero-order valence-corrected chi connectivity index (χ0v) is 14.8. The molecule has 0 radical (unpaired) electrons. The Bertz CT molecular complexity index is 825. The molecule has 2 aromatic rings. The van der Waals surface area contributed by atoms with E-state index in [1.54, 1.807) is 18.4 Å². The van der Waals surface area contributed by atoms with E-state index < -0.39 is 17.9 Å². The summed E-state index contributed by atoms with van der Waals surface area (Å²) in [5, 5.41) is 12.0. The molecular formula is C16H21N3O4S. The molecule has 2 heterocycles. The van der Waals surface area contributed by atoms with E-state index in [2.05, 4.69) is 10.3 Å². The molecule has 2 N–H and O–H groups in total. The molecule has 0 aliphatic heterocycles. The number of aliphatic carboxylic acids is 1. The molecule has 0 saturated carbocycles. The van der Waals surface area contributed by atoms with Crippen LogP contribution in [0.2, 0.25) is 0 Å². The Labute approximate surface area is 143 Å². The third-order valence-electron chi connectivity index (χ3n) is 3.89. The summed E-state index contributed by atoms with van der Waals surface area (Å²) in [5.74, 6) is -1.56. The van der Waals surface area contributed by atoms with Crippen LogP contribution in [0.25, 0.3) is 10.2 Å². The number of fused-ring (bicyclic) bond motifs is 1. The number of amides is 1. The Morgan fingerprint density at radius 1 is 1.42 bits per heavy atom. The normalized spacial score (nSPS) is 12.3. The predicted octanol–water partition coefficient (Wildman–Crippen LogP) is 2.16. The third kappa shape index (κ3) is 3.48. The first kappa shape index (κ1) is 18.1. The molecule has 0 bridgehead atoms. The molecule has 24 heavy (non-hydrogen) atoms. The van der Waals surface area contributed by atoms with Crippen LogP contribution in [-0.2, 0) is 11.3 Å². The molecule has 8 heteroatoms. The second kappa shape index (κ2) is 7.57. The number of nitrogens with one attached hydrogen (secondary N) is 1. The minimum absolute atomic E-state index is 0.161. The number of carbonyl (C=O) groups is 2. The Morgan fingerprint density at radius 2 is 2.12 bits per heavy atom. The lowest BCUT2D eigenvalue weighted by Crippen LogP contribution is -2.40. The monoisotopic (exact) mass is 351 g/mol. The molecular weight excluding hydrogens is 330 g/mol. The Kier molecular flexibility index (Phi) is 5.71. The SMILES string of the molecule is CCCCn1cnc2sc(C(=O)NC(CC)C(=O)O)c(C)c2c1=O. The highest BCUT2D eigenvalue weighted by Crippen LogP contribution is 2.26. The van der Waals surface area contributed by atoms with Crippen LogP contribution in [0.3, 0.4) is 0 Å². The summed E-state index contributed by atoms with van der Waals surface area (Å²) in [6.45, 7) is 6.02. The van der Waals surface area contributed by atoms with Gasteiger partial charge in [0.25, 0.3) is 11.5 Å². The fourth-order valence-corrected chi connectivity index (χ4v) is 3.47. The minimum atomic E-state index is -1.08. The van der Waals surface area contributed by atoms with E-state index in [9.17, 15) is 14.4 Å². The molecule has 2 aromatic heterocycles. The number of aromatic nitrogens is 2. The van der Waals surface area contributed by atoms with Crippen LogP contribution in [-0.4, -0.2) is 32.6 Å². The van der Waals surface area contributed by atoms with Gasteiger partial charge in [-0.05, 0) is 25.3 Å². The zero-order valence-electron chi connectivity index (χ0n) is 14.0. The van der Waals surface area contributed by atoms with Gasteiger partial charge >= 0.3 is 5.97 Å². The standard InChI is InChI=1S/C16H21N3O4S/c1-4-6-7-19-8-17-14-11(15(19)21)9(3)12(24-14)13(20)18-10(5-2)16(22)23/h8,10H,4-7H2,1-3H3,(H,18,20)(H,22,23). The molecule has 0 fully saturated rings. The average Bonchev–Trinajstić information content (AvgIpc) is 2.89. The van der Waals surface area contributed by atoms with Crippen molar-refractivity contribution < 1.29 is 14.7 Å². The Hall–Kier alpha value is -2.22. The summed E-state index contributed by atoms with van der Waals surface area (Å²) in [6, 6.07) is -0.948. The van der Waals surface area contributed by atoms with Gasteiger partial charge in [-0.3, -0.25) is 14.2 Å². The quantitative estimate of drug-likeness (QED) is 0.796. The highest BCUT2D eigenvalue weighted by atomic mass is 32.1. The first-order valence-corrected chi connectivity index (χ1v) is 8.74. The molecule has 0 aromatic carbocycles. The lowest BCUT2D eigenvalue weighted by atomic mass is 10.2. The third-order valence-corrected chi connectivity index (χ3v) is 5.09. The fourth-order valence-electron chi connectivity index (χ4n) is 2.43. The Balaban J connectivity index is 2.41. The molecule has 2 rings (SSSR count). The molecule has 1 atom stereocenters. The van der Waals surface area contributed by atoms with Crippen molar-refractivity contribution in [2.24, 2.45) is 0 Å². The van der Waals surface area contributed by atoms with Crippen LogP contribution in [0.15, 0.2) is 11.1 Å². The second-order valence-corrected chi connectivity index (χ2v) is 6.60. The van der Waals surface area contributed by atoms with E-state index in [1.165, 1.54) is 6.33 Å². The summed E-state index contributed by atoms with van der Waals surface area (Å²) in [4.78, 5) is 41.1. The predicted molar refractivity (Wildman–Crippen MR) is 92.7 cm³/mol. The maximum atomic E-state index is 12.6. The lowest BCUT2D eigenvalue weighted by molar-refractivity contribution is -0.139. The number of carboxylic acids is 1. The maximum Gasteiger partial charge on any atom is 0.326 e. The molecule has 1 amide bonds. The molecule has 0 spiro atoms. The van der Waals surface area contributed by atoms with Gasteiger partial charge in [0, 0.05) is 6.54 Å². The molecule has 0 saturated heterocycles. The van der Waals surface area contributed by atoms with Crippen molar-refractivity contribution in [2.75, 3.05) is 0 Å². The van der Waals surface area contributed by atoms with Gasteiger partial charge in [0.05, 0.1) is 16.6 Å². The van der Waals surface area contributed by atoms with Crippen LogP contribution in [0.5, 0.6) is 0 Å². The Morgan fingerprint density at radius 3 is 2.71 bits per heavy atom. The molecule has 130 valence electrons. The van der Waals surface area contributed by atoms with E-state index >= 15 is 0 Å². The number of carboxylic acid groups (broad SMARTS) is 1. The van der Waals surface area contributed by atoms with Gasteiger partial charge < -0.3 is 10.4 Å². The maximum absolute atomic E-state index is 12.6. The summed E-state index contributed by atoms with van der Waals surface area (Å²) in [5.41, 5.74) is 0.391. The van der Waals surface area contributed by atoms with Crippen LogP contribution < -0.4 is 10.9 Å². The first-order chi connectivity index (χ1) is 11.4. The van der Waals surface area contributed by atoms with Gasteiger partial charge in [0.1, 0.15) is 10.9 Å². The molecule has 0 aliphatic rings. The molecule has 1 unspecified atom stereocenters. The summed E-state index contributed by atoms with van der Waals surface area (Å²) in [7, 11) is 0. The van der Waals surface area contributed by atoms with Crippen LogP contribution in [0.4, 0.5) is 0 Å². The fraction of sp³-hybridized carbons (Fsp3) is 0.500. The largest absolute Gasteiger partial charge is 0.480 e. The van der Waals surface area contributed by atoms with E-state index in [1.807, 2.05) is 6.92 Å². The first-order valence-electron chi connectivity index (χ1n) is 7.92. The number of hydrogen-bond donors (Lipinski definition) is 2. The topological polar surface area (TPSA) is 101 Å². The van der Waals surface area contributed by atoms with Gasteiger partial charge in [-0.15, -0.1) is 11.3 Å². The van der Waals surface area contributed by atoms with E-state index in [0.29, 0.717) is 27.2 Å². The van der Waals surface area contributed by atoms with Crippen molar-refractivity contribution in [1.82, 2.24) is 14.9 Å². The number of hydrogen-bond acceptors (Lipinski definition) is 5. The highest BCUT2D eigenvalue weighted by molar-refractivity contribution is 7.20. The van der Waals surface area contributed by atoms with Gasteiger partial charge in [-0.1, -0.05) is 20.3 Å². The highest BCUT2D eigenvalue weighted by Gasteiger charge is 2.23. The number of aryl methyl sites for hydroxylation is 2. The van der Waals surface area contributed by atoms with Crippen molar-refractivity contribution >= 4 is 33.4 Å². The number of rotatable bonds is 7. The smallest absolute Gasteiger partial charge is 0.326 e. The molecule has 0 aliphatic carbocycles. The number of carbonyl (C=O) groups excluding carboxylic acids is 1. The number of thiophene rings is 1. The molecule has 7 nitrogen and oxygen atoms in total. The van der Waals surface area contributed by atoms with Crippen LogP contribution in [0.1, 0.15) is 48.3 Å². The van der Waals surface area contributed by atoms with Gasteiger partial charge in [-0.25, -0.2) is 9.78 Å². The second-order valence-electron chi connectivity index (χ2n) is 5.61. The van der Waals surface area contributed by atoms with Crippen molar-refractivity contribution in [3.8, 4) is 0 Å². The average molecular weight is 351 g/mol. The summed E-state index contributed by atoms with van der Waals surface area (Å²) in [6.07, 6.45) is 3.63. The van der Waals surface area contributed by atoms with E-state index in [4.69, 9.17) is 5.11 Å². The van der Waals surface area contributed by atoms with Gasteiger partial charge in [0.15, 0.2) is 0 Å². The summed E-state index contributed by atoms with van der Waals surface area (Å²) < 4.78 is 1.55. The van der Waals surface area contributed by atoms with Crippen LogP contribution in [0, 0.1) is 6.92 Å². The van der Waals surface area contributed by atoms with Crippen molar-refractivity contribution in [1.29, 1.82) is 0 Å². The van der Waals surface area contributed by atoms with Gasteiger partial charge in [-0.2, -0.15) is 0 Å². The minimum Gasteiger partial charge on any atom is -0.480 e. The van der Waals surface area contributed by atoms with E-state index in [-0.39, 0.29) is 12.0 Å². The number of nitrogens with zero attached hydrogens (tertiary/aromatic N) is 2. The van der Waals surface area contributed by atoms with Gasteiger partial charge in [0.2, 0.25) is 0 Å². The summed E-state index contributed by atoms with van der Waals surface area (Å²) >= 11 is 1.11. The zero-order chi connectivity index (χ0) is 17.9. The lowest BCUT2D eigenvalue weighted by Gasteiger charge is -2.11. The van der Waals surface area contributed by atoms with Crippen molar-refractivity contribution in [3.63, 3.8) is 0 Å². The van der Waals surface area contributed by atoms with E-state index in [0.717, 1.165) is 24.2 Å². The van der Waals surface area contributed by atoms with Crippen molar-refractivity contribution in [2.45, 2.75) is 52.6 Å².